The first-order valence-electron chi connectivity index (χ1n) is 5.91. The van der Waals surface area contributed by atoms with E-state index in [0.717, 1.165) is 16.2 Å². The molecule has 1 aromatic carbocycles. The van der Waals surface area contributed by atoms with Crippen molar-refractivity contribution in [2.24, 2.45) is 0 Å². The Bertz CT molecular complexity index is 711. The zero-order valence-corrected chi connectivity index (χ0v) is 12.3. The number of hydrogen-bond acceptors (Lipinski definition) is 6. The monoisotopic (exact) mass is 310 g/mol. The lowest BCUT2D eigenvalue weighted by atomic mass is 10.3. The zero-order chi connectivity index (χ0) is 15.5. The zero-order valence-electron chi connectivity index (χ0n) is 11.5. The quantitative estimate of drug-likeness (QED) is 0.796. The van der Waals surface area contributed by atoms with Gasteiger partial charge in [-0.1, -0.05) is 0 Å². The number of likely N-dealkylation sites (N-methyl/N-ethyl adjacent to an activating group) is 1. The normalized spacial score (nSPS) is 11.6. The Morgan fingerprint density at radius 3 is 2.52 bits per heavy atom. The topological polar surface area (TPSA) is 110 Å². The number of nitrogens with one attached hydrogen (secondary N) is 1. The van der Waals surface area contributed by atoms with Crippen LogP contribution >= 0.6 is 0 Å². The van der Waals surface area contributed by atoms with E-state index < -0.39 is 15.9 Å². The van der Waals surface area contributed by atoms with Gasteiger partial charge < -0.3 is 5.32 Å². The number of benzene rings is 1. The second-order valence-corrected chi connectivity index (χ2v) is 6.46. The molecule has 1 heterocycles. The van der Waals surface area contributed by atoms with Gasteiger partial charge >= 0.3 is 0 Å². The number of hydrogen-bond donors (Lipinski definition) is 1. The molecule has 1 amide bonds. The summed E-state index contributed by atoms with van der Waals surface area (Å²) >= 11 is 0. The van der Waals surface area contributed by atoms with Gasteiger partial charge in [0.15, 0.2) is 0 Å². The highest BCUT2D eigenvalue weighted by molar-refractivity contribution is 7.88. The molecule has 1 aromatic heterocycles. The van der Waals surface area contributed by atoms with Crippen LogP contribution in [0.2, 0.25) is 0 Å². The molecule has 112 valence electrons. The van der Waals surface area contributed by atoms with Gasteiger partial charge in [0.05, 0.1) is 18.5 Å². The van der Waals surface area contributed by atoms with Crippen molar-refractivity contribution >= 4 is 21.6 Å². The van der Waals surface area contributed by atoms with Gasteiger partial charge in [-0.3, -0.25) is 4.79 Å². The smallest absolute Gasteiger partial charge is 0.239 e. The molecule has 0 bridgehead atoms. The van der Waals surface area contributed by atoms with Crippen LogP contribution in [0.3, 0.4) is 0 Å². The average Bonchev–Trinajstić information content (AvgIpc) is 2.92. The van der Waals surface area contributed by atoms with Crippen molar-refractivity contribution in [3.63, 3.8) is 0 Å². The van der Waals surface area contributed by atoms with Crippen molar-refractivity contribution in [2.45, 2.75) is 0 Å². The number of anilines is 1. The van der Waals surface area contributed by atoms with Crippen LogP contribution in [0.4, 0.5) is 5.69 Å². The summed E-state index contributed by atoms with van der Waals surface area (Å²) in [6.45, 7) is -0.242. The van der Waals surface area contributed by atoms with E-state index in [9.17, 15) is 13.2 Å². The summed E-state index contributed by atoms with van der Waals surface area (Å²) < 4.78 is 24.9. The molecule has 0 aliphatic rings. The molecule has 0 saturated heterocycles. The third-order valence-electron chi connectivity index (χ3n) is 2.70. The summed E-state index contributed by atoms with van der Waals surface area (Å²) in [5, 5.41) is 13.4. The van der Waals surface area contributed by atoms with Crippen molar-refractivity contribution in [2.75, 3.05) is 25.2 Å². The van der Waals surface area contributed by atoms with Crippen LogP contribution in [0.1, 0.15) is 0 Å². The SMILES string of the molecule is CN(CC(=O)Nc1ccc(-n2cnnn2)cc1)S(C)(=O)=O. The Labute approximate surface area is 121 Å². The second-order valence-electron chi connectivity index (χ2n) is 4.37. The van der Waals surface area contributed by atoms with Gasteiger partial charge in [-0.15, -0.1) is 5.10 Å². The fourth-order valence-electron chi connectivity index (χ4n) is 1.50. The maximum Gasteiger partial charge on any atom is 0.239 e. The van der Waals surface area contributed by atoms with Crippen molar-refractivity contribution < 1.29 is 13.2 Å². The first-order valence-corrected chi connectivity index (χ1v) is 7.75. The molecule has 0 aliphatic carbocycles. The van der Waals surface area contributed by atoms with Crippen LogP contribution in [-0.2, 0) is 14.8 Å². The molecule has 0 unspecified atom stereocenters. The summed E-state index contributed by atoms with van der Waals surface area (Å²) in [5.41, 5.74) is 1.30. The molecule has 2 aromatic rings. The number of tetrazole rings is 1. The van der Waals surface area contributed by atoms with Crippen LogP contribution in [-0.4, -0.2) is 58.7 Å². The van der Waals surface area contributed by atoms with Gasteiger partial charge in [-0.25, -0.2) is 13.1 Å². The van der Waals surface area contributed by atoms with Crippen LogP contribution in [0.15, 0.2) is 30.6 Å². The molecule has 21 heavy (non-hydrogen) atoms. The summed E-state index contributed by atoms with van der Waals surface area (Å²) in [7, 11) is -2.04. The van der Waals surface area contributed by atoms with E-state index in [0.29, 0.717) is 5.69 Å². The molecule has 0 spiro atoms. The number of amides is 1. The Balaban J connectivity index is 1.99. The van der Waals surface area contributed by atoms with E-state index in [1.807, 2.05) is 0 Å². The molecule has 9 nitrogen and oxygen atoms in total. The fraction of sp³-hybridized carbons (Fsp3) is 0.273. The van der Waals surface area contributed by atoms with Crippen LogP contribution < -0.4 is 5.32 Å². The van der Waals surface area contributed by atoms with Crippen molar-refractivity contribution in [1.82, 2.24) is 24.5 Å². The molecule has 0 saturated carbocycles. The van der Waals surface area contributed by atoms with Crippen LogP contribution in [0.25, 0.3) is 5.69 Å². The third kappa shape index (κ3) is 4.07. The lowest BCUT2D eigenvalue weighted by molar-refractivity contribution is -0.116. The standard InChI is InChI=1S/C11H14N6O3S/c1-16(21(2,19)20)7-11(18)13-9-3-5-10(6-4-9)17-8-12-14-15-17/h3-6,8H,7H2,1-2H3,(H,13,18). The molecule has 1 N–H and O–H groups in total. The number of carbonyl (C=O) groups excluding carboxylic acids is 1. The Kier molecular flexibility index (Phi) is 4.29. The maximum atomic E-state index is 11.7. The third-order valence-corrected chi connectivity index (χ3v) is 3.96. The van der Waals surface area contributed by atoms with Crippen LogP contribution in [0, 0.1) is 0 Å². The molecule has 0 radical (unpaired) electrons. The number of aromatic nitrogens is 4. The van der Waals surface area contributed by atoms with Gasteiger partial charge in [-0.05, 0) is 34.7 Å². The fourth-order valence-corrected chi connectivity index (χ4v) is 1.85. The molecule has 0 aliphatic heterocycles. The van der Waals surface area contributed by atoms with Gasteiger partial charge in [-0.2, -0.15) is 4.31 Å². The van der Waals surface area contributed by atoms with Gasteiger partial charge in [0.2, 0.25) is 15.9 Å². The summed E-state index contributed by atoms with van der Waals surface area (Å²) in [6.07, 6.45) is 2.50. The highest BCUT2D eigenvalue weighted by Gasteiger charge is 2.15. The van der Waals surface area contributed by atoms with Crippen LogP contribution in [0.5, 0.6) is 0 Å². The van der Waals surface area contributed by atoms with Crippen molar-refractivity contribution in [3.05, 3.63) is 30.6 Å². The molecule has 2 rings (SSSR count). The van der Waals surface area contributed by atoms with Gasteiger partial charge in [0, 0.05) is 12.7 Å². The lowest BCUT2D eigenvalue weighted by Gasteiger charge is -2.13. The number of carbonyl (C=O) groups is 1. The number of rotatable bonds is 5. The highest BCUT2D eigenvalue weighted by atomic mass is 32.2. The first kappa shape index (κ1) is 15.1. The summed E-state index contributed by atoms with van der Waals surface area (Å²) in [5.74, 6) is -0.418. The van der Waals surface area contributed by atoms with E-state index in [4.69, 9.17) is 0 Å². The Morgan fingerprint density at radius 2 is 2.00 bits per heavy atom. The first-order chi connectivity index (χ1) is 9.86. The van der Waals surface area contributed by atoms with Gasteiger partial charge in [0.25, 0.3) is 0 Å². The lowest BCUT2D eigenvalue weighted by Crippen LogP contribution is -2.34. The molecule has 0 atom stereocenters. The predicted octanol–water partition coefficient (Wildman–Crippen LogP) is -0.508. The minimum Gasteiger partial charge on any atom is -0.325 e. The minimum atomic E-state index is -3.38. The Morgan fingerprint density at radius 1 is 1.33 bits per heavy atom. The van der Waals surface area contributed by atoms with Gasteiger partial charge in [0.1, 0.15) is 6.33 Å². The highest BCUT2D eigenvalue weighted by Crippen LogP contribution is 2.12. The maximum absolute atomic E-state index is 11.7. The van der Waals surface area contributed by atoms with E-state index in [2.05, 4.69) is 20.8 Å². The minimum absolute atomic E-state index is 0.242. The Hall–Kier alpha value is -2.33. The largest absolute Gasteiger partial charge is 0.325 e. The molecule has 10 heteroatoms. The van der Waals surface area contributed by atoms with Crippen molar-refractivity contribution in [3.8, 4) is 5.69 Å². The van der Waals surface area contributed by atoms with E-state index in [-0.39, 0.29) is 6.54 Å². The summed E-state index contributed by atoms with van der Waals surface area (Å²) in [4.78, 5) is 11.7. The molecule has 0 fully saturated rings. The predicted molar refractivity (Wildman–Crippen MR) is 75.3 cm³/mol. The number of sulfonamides is 1. The van der Waals surface area contributed by atoms with E-state index in [1.165, 1.54) is 18.1 Å². The number of nitrogens with zero attached hydrogens (tertiary/aromatic N) is 5. The second kappa shape index (κ2) is 5.97. The molecular formula is C11H14N6O3S. The molecular weight excluding hydrogens is 296 g/mol. The van der Waals surface area contributed by atoms with E-state index in [1.54, 1.807) is 24.3 Å². The summed E-state index contributed by atoms with van der Waals surface area (Å²) in [6, 6.07) is 6.81. The average molecular weight is 310 g/mol. The van der Waals surface area contributed by atoms with E-state index >= 15 is 0 Å². The van der Waals surface area contributed by atoms with Crippen molar-refractivity contribution in [1.29, 1.82) is 0 Å².